The minimum absolute atomic E-state index is 0.143. The van der Waals surface area contributed by atoms with E-state index in [0.717, 1.165) is 5.57 Å². The molecular weight excluding hydrogens is 218 g/mol. The molecule has 1 unspecified atom stereocenters. The van der Waals surface area contributed by atoms with Crippen molar-refractivity contribution in [1.29, 1.82) is 0 Å². The predicted octanol–water partition coefficient (Wildman–Crippen LogP) is 1.53. The van der Waals surface area contributed by atoms with Crippen molar-refractivity contribution in [3.63, 3.8) is 0 Å². The van der Waals surface area contributed by atoms with E-state index >= 15 is 0 Å². The van der Waals surface area contributed by atoms with Crippen LogP contribution < -0.4 is 0 Å². The Labute approximate surface area is 102 Å². The summed E-state index contributed by atoms with van der Waals surface area (Å²) in [6.07, 6.45) is 3.77. The van der Waals surface area contributed by atoms with Crippen LogP contribution in [0.2, 0.25) is 0 Å². The van der Waals surface area contributed by atoms with Crippen molar-refractivity contribution >= 4 is 11.9 Å². The molecule has 0 N–H and O–H groups in total. The minimum Gasteiger partial charge on any atom is -0.467 e. The van der Waals surface area contributed by atoms with Crippen molar-refractivity contribution in [2.24, 2.45) is 5.92 Å². The van der Waals surface area contributed by atoms with Gasteiger partial charge >= 0.3 is 5.97 Å². The van der Waals surface area contributed by atoms with E-state index < -0.39 is 6.04 Å². The molecule has 0 radical (unpaired) electrons. The summed E-state index contributed by atoms with van der Waals surface area (Å²) in [4.78, 5) is 25.0. The maximum Gasteiger partial charge on any atom is 0.328 e. The lowest BCUT2D eigenvalue weighted by atomic mass is 10.0. The highest BCUT2D eigenvalue weighted by atomic mass is 16.5. The molecule has 1 atom stereocenters. The van der Waals surface area contributed by atoms with E-state index in [0.29, 0.717) is 18.9 Å². The third-order valence-electron chi connectivity index (χ3n) is 2.75. The lowest BCUT2D eigenvalue weighted by Gasteiger charge is -2.27. The maximum atomic E-state index is 11.8. The topological polar surface area (TPSA) is 46.6 Å². The number of hydrogen-bond acceptors (Lipinski definition) is 3. The molecule has 0 saturated heterocycles. The number of amides is 1. The normalized spacial score (nSPS) is 17.1. The first kappa shape index (κ1) is 13.5. The second-order valence-corrected chi connectivity index (χ2v) is 4.56. The SMILES string of the molecule is C=CC1=CC(=O)N(C(CC(C)C)C(=O)OC)C1. The highest BCUT2D eigenvalue weighted by molar-refractivity contribution is 5.95. The predicted molar refractivity (Wildman–Crippen MR) is 65.3 cm³/mol. The van der Waals surface area contributed by atoms with Gasteiger partial charge in [0, 0.05) is 12.6 Å². The summed E-state index contributed by atoms with van der Waals surface area (Å²) in [5.74, 6) is -0.179. The zero-order chi connectivity index (χ0) is 13.0. The molecule has 1 amide bonds. The van der Waals surface area contributed by atoms with Gasteiger partial charge in [-0.3, -0.25) is 4.79 Å². The van der Waals surface area contributed by atoms with E-state index in [1.165, 1.54) is 13.2 Å². The lowest BCUT2D eigenvalue weighted by Crippen LogP contribution is -2.44. The number of carbonyl (C=O) groups excluding carboxylic acids is 2. The Bertz CT molecular complexity index is 358. The van der Waals surface area contributed by atoms with Gasteiger partial charge < -0.3 is 9.64 Å². The first-order valence-corrected chi connectivity index (χ1v) is 5.71. The van der Waals surface area contributed by atoms with Gasteiger partial charge in [-0.05, 0) is 17.9 Å². The molecule has 1 heterocycles. The molecule has 0 spiro atoms. The van der Waals surface area contributed by atoms with E-state index in [1.807, 2.05) is 13.8 Å². The van der Waals surface area contributed by atoms with Gasteiger partial charge in [0.05, 0.1) is 7.11 Å². The molecule has 17 heavy (non-hydrogen) atoms. The fraction of sp³-hybridized carbons (Fsp3) is 0.538. The number of rotatable bonds is 5. The van der Waals surface area contributed by atoms with Crippen LogP contribution in [0.1, 0.15) is 20.3 Å². The van der Waals surface area contributed by atoms with Crippen molar-refractivity contribution in [2.45, 2.75) is 26.3 Å². The lowest BCUT2D eigenvalue weighted by molar-refractivity contribution is -0.151. The average molecular weight is 237 g/mol. The third-order valence-corrected chi connectivity index (χ3v) is 2.75. The van der Waals surface area contributed by atoms with Crippen LogP contribution in [-0.2, 0) is 14.3 Å². The molecule has 0 bridgehead atoms. The van der Waals surface area contributed by atoms with Gasteiger partial charge in [-0.15, -0.1) is 0 Å². The summed E-state index contributed by atoms with van der Waals surface area (Å²) in [7, 11) is 1.35. The average Bonchev–Trinajstić information content (AvgIpc) is 2.66. The third kappa shape index (κ3) is 3.19. The molecule has 1 aliphatic heterocycles. The van der Waals surface area contributed by atoms with Crippen LogP contribution in [0.4, 0.5) is 0 Å². The second kappa shape index (κ2) is 5.66. The molecule has 1 aliphatic rings. The molecule has 0 aromatic carbocycles. The van der Waals surface area contributed by atoms with Crippen LogP contribution in [0.25, 0.3) is 0 Å². The Balaban J connectivity index is 2.82. The van der Waals surface area contributed by atoms with Gasteiger partial charge in [0.25, 0.3) is 0 Å². The van der Waals surface area contributed by atoms with E-state index in [1.54, 1.807) is 11.0 Å². The van der Waals surface area contributed by atoms with Gasteiger partial charge in [0.15, 0.2) is 0 Å². The molecule has 1 rings (SSSR count). The molecular formula is C13H19NO3. The standard InChI is InChI=1S/C13H19NO3/c1-5-10-7-12(15)14(8-10)11(6-9(2)3)13(16)17-4/h5,7,9,11H,1,6,8H2,2-4H3. The van der Waals surface area contributed by atoms with Crippen LogP contribution in [0.3, 0.4) is 0 Å². The molecule has 0 aromatic rings. The van der Waals surface area contributed by atoms with Crippen molar-refractivity contribution in [3.8, 4) is 0 Å². The van der Waals surface area contributed by atoms with Crippen LogP contribution in [0, 0.1) is 5.92 Å². The van der Waals surface area contributed by atoms with Gasteiger partial charge in [-0.2, -0.15) is 0 Å². The molecule has 94 valence electrons. The fourth-order valence-corrected chi connectivity index (χ4v) is 1.88. The summed E-state index contributed by atoms with van der Waals surface area (Å²) in [5, 5.41) is 0. The summed E-state index contributed by atoms with van der Waals surface area (Å²) < 4.78 is 4.76. The summed E-state index contributed by atoms with van der Waals surface area (Å²) >= 11 is 0. The maximum absolute atomic E-state index is 11.8. The smallest absolute Gasteiger partial charge is 0.328 e. The quantitative estimate of drug-likeness (QED) is 0.681. The zero-order valence-electron chi connectivity index (χ0n) is 10.6. The number of hydrogen-bond donors (Lipinski definition) is 0. The van der Waals surface area contributed by atoms with Crippen molar-refractivity contribution in [1.82, 2.24) is 4.90 Å². The summed E-state index contributed by atoms with van der Waals surface area (Å²) in [6, 6.07) is -0.499. The van der Waals surface area contributed by atoms with Gasteiger partial charge in [-0.25, -0.2) is 4.79 Å². The Kier molecular flexibility index (Phi) is 4.49. The van der Waals surface area contributed by atoms with Crippen molar-refractivity contribution in [2.75, 3.05) is 13.7 Å². The largest absolute Gasteiger partial charge is 0.467 e. The van der Waals surface area contributed by atoms with Crippen molar-refractivity contribution in [3.05, 3.63) is 24.3 Å². The van der Waals surface area contributed by atoms with Crippen molar-refractivity contribution < 1.29 is 14.3 Å². The Morgan fingerprint density at radius 2 is 2.29 bits per heavy atom. The molecule has 0 aliphatic carbocycles. The number of methoxy groups -OCH3 is 1. The summed E-state index contributed by atoms with van der Waals surface area (Å²) in [6.45, 7) is 8.10. The van der Waals surface area contributed by atoms with E-state index in [-0.39, 0.29) is 11.9 Å². The Hall–Kier alpha value is -1.58. The number of nitrogens with zero attached hydrogens (tertiary/aromatic N) is 1. The number of carbonyl (C=O) groups is 2. The Morgan fingerprint density at radius 3 is 2.71 bits per heavy atom. The van der Waals surface area contributed by atoms with E-state index in [2.05, 4.69) is 6.58 Å². The fourth-order valence-electron chi connectivity index (χ4n) is 1.88. The monoisotopic (exact) mass is 237 g/mol. The second-order valence-electron chi connectivity index (χ2n) is 4.56. The highest BCUT2D eigenvalue weighted by Gasteiger charge is 2.33. The molecule has 0 saturated carbocycles. The highest BCUT2D eigenvalue weighted by Crippen LogP contribution is 2.20. The number of ether oxygens (including phenoxy) is 1. The van der Waals surface area contributed by atoms with Crippen LogP contribution in [0.5, 0.6) is 0 Å². The first-order valence-electron chi connectivity index (χ1n) is 5.71. The van der Waals surface area contributed by atoms with Crippen LogP contribution >= 0.6 is 0 Å². The van der Waals surface area contributed by atoms with Gasteiger partial charge in [0.1, 0.15) is 6.04 Å². The van der Waals surface area contributed by atoms with Crippen LogP contribution in [0.15, 0.2) is 24.3 Å². The van der Waals surface area contributed by atoms with E-state index in [9.17, 15) is 9.59 Å². The first-order chi connectivity index (χ1) is 7.99. The van der Waals surface area contributed by atoms with Gasteiger partial charge in [-0.1, -0.05) is 26.5 Å². The van der Waals surface area contributed by atoms with Crippen LogP contribution in [-0.4, -0.2) is 36.5 Å². The zero-order valence-corrected chi connectivity index (χ0v) is 10.6. The molecule has 4 heteroatoms. The summed E-state index contributed by atoms with van der Waals surface area (Å²) in [5.41, 5.74) is 0.840. The number of esters is 1. The van der Waals surface area contributed by atoms with E-state index in [4.69, 9.17) is 4.74 Å². The Morgan fingerprint density at radius 1 is 1.65 bits per heavy atom. The molecule has 4 nitrogen and oxygen atoms in total. The minimum atomic E-state index is -0.499. The molecule has 0 fully saturated rings. The van der Waals surface area contributed by atoms with Gasteiger partial charge in [0.2, 0.25) is 5.91 Å². The molecule has 0 aromatic heterocycles.